The SMILES string of the molecule is CC1COCCN1c1ccc(NC(=O)Cc2cccs2)cc1. The molecule has 1 fully saturated rings. The van der Waals surface area contributed by atoms with Crippen LogP contribution in [0.3, 0.4) is 0 Å². The van der Waals surface area contributed by atoms with Crippen molar-refractivity contribution in [3.8, 4) is 0 Å². The smallest absolute Gasteiger partial charge is 0.229 e. The third-order valence-corrected chi connectivity index (χ3v) is 4.64. The van der Waals surface area contributed by atoms with Gasteiger partial charge in [-0.15, -0.1) is 11.3 Å². The summed E-state index contributed by atoms with van der Waals surface area (Å²) in [7, 11) is 0. The van der Waals surface area contributed by atoms with Crippen molar-refractivity contribution in [2.24, 2.45) is 0 Å². The van der Waals surface area contributed by atoms with Gasteiger partial charge < -0.3 is 15.0 Å². The molecule has 0 spiro atoms. The molecule has 5 heteroatoms. The first-order valence-electron chi connectivity index (χ1n) is 7.49. The number of rotatable bonds is 4. The number of benzene rings is 1. The molecule has 1 N–H and O–H groups in total. The van der Waals surface area contributed by atoms with Crippen molar-refractivity contribution in [2.45, 2.75) is 19.4 Å². The first kappa shape index (κ1) is 15.1. The number of carbonyl (C=O) groups excluding carboxylic acids is 1. The number of ether oxygens (including phenoxy) is 1. The van der Waals surface area contributed by atoms with Gasteiger partial charge in [0, 0.05) is 28.8 Å². The lowest BCUT2D eigenvalue weighted by atomic mass is 10.2. The van der Waals surface area contributed by atoms with Gasteiger partial charge in [0.2, 0.25) is 5.91 Å². The molecular formula is C17H20N2O2S. The molecule has 1 aromatic heterocycles. The van der Waals surface area contributed by atoms with Crippen molar-refractivity contribution in [1.82, 2.24) is 0 Å². The molecular weight excluding hydrogens is 296 g/mol. The average molecular weight is 316 g/mol. The predicted octanol–water partition coefficient (Wildman–Crippen LogP) is 3.15. The van der Waals surface area contributed by atoms with Crippen molar-refractivity contribution in [3.63, 3.8) is 0 Å². The summed E-state index contributed by atoms with van der Waals surface area (Å²) in [6.45, 7) is 4.60. The van der Waals surface area contributed by atoms with Crippen molar-refractivity contribution in [3.05, 3.63) is 46.7 Å². The molecule has 4 nitrogen and oxygen atoms in total. The van der Waals surface area contributed by atoms with Gasteiger partial charge in [0.05, 0.1) is 19.6 Å². The summed E-state index contributed by atoms with van der Waals surface area (Å²) in [5.41, 5.74) is 2.01. The van der Waals surface area contributed by atoms with Crippen LogP contribution < -0.4 is 10.2 Å². The Kier molecular flexibility index (Phi) is 4.75. The molecule has 1 aliphatic heterocycles. The van der Waals surface area contributed by atoms with E-state index in [-0.39, 0.29) is 5.91 Å². The van der Waals surface area contributed by atoms with Gasteiger partial charge in [-0.3, -0.25) is 4.79 Å². The van der Waals surface area contributed by atoms with E-state index < -0.39 is 0 Å². The number of morpholine rings is 1. The largest absolute Gasteiger partial charge is 0.377 e. The van der Waals surface area contributed by atoms with Gasteiger partial charge >= 0.3 is 0 Å². The van der Waals surface area contributed by atoms with Gasteiger partial charge in [0.25, 0.3) is 0 Å². The minimum absolute atomic E-state index is 0.0231. The Labute approximate surface area is 134 Å². The molecule has 2 heterocycles. The number of carbonyl (C=O) groups is 1. The van der Waals surface area contributed by atoms with Gasteiger partial charge in [-0.2, -0.15) is 0 Å². The van der Waals surface area contributed by atoms with Gasteiger partial charge in [-0.25, -0.2) is 0 Å². The molecule has 1 amide bonds. The summed E-state index contributed by atoms with van der Waals surface area (Å²) in [5.74, 6) is 0.0231. The second kappa shape index (κ2) is 6.94. The van der Waals surface area contributed by atoms with Gasteiger partial charge in [-0.05, 0) is 42.6 Å². The Balaban J connectivity index is 1.60. The maximum atomic E-state index is 12.0. The highest BCUT2D eigenvalue weighted by Crippen LogP contribution is 2.22. The molecule has 1 unspecified atom stereocenters. The zero-order valence-corrected chi connectivity index (χ0v) is 13.4. The van der Waals surface area contributed by atoms with Crippen LogP contribution in [0.15, 0.2) is 41.8 Å². The van der Waals surface area contributed by atoms with Crippen LogP contribution in [0.1, 0.15) is 11.8 Å². The molecule has 1 saturated heterocycles. The lowest BCUT2D eigenvalue weighted by Crippen LogP contribution is -2.43. The first-order chi connectivity index (χ1) is 10.7. The Morgan fingerprint density at radius 2 is 2.18 bits per heavy atom. The highest BCUT2D eigenvalue weighted by Gasteiger charge is 2.18. The number of hydrogen-bond donors (Lipinski definition) is 1. The van der Waals surface area contributed by atoms with E-state index in [1.165, 1.54) is 5.69 Å². The standard InChI is InChI=1S/C17H20N2O2S/c1-13-12-21-9-8-19(13)15-6-4-14(5-7-15)18-17(20)11-16-3-2-10-22-16/h2-7,10,13H,8-9,11-12H2,1H3,(H,18,20). The number of amides is 1. The Morgan fingerprint density at radius 3 is 2.86 bits per heavy atom. The highest BCUT2D eigenvalue weighted by molar-refractivity contribution is 7.10. The number of hydrogen-bond acceptors (Lipinski definition) is 4. The molecule has 22 heavy (non-hydrogen) atoms. The van der Waals surface area contributed by atoms with Crippen LogP contribution >= 0.6 is 11.3 Å². The second-order valence-corrected chi connectivity index (χ2v) is 6.50. The fourth-order valence-corrected chi connectivity index (χ4v) is 3.33. The molecule has 1 aromatic carbocycles. The summed E-state index contributed by atoms with van der Waals surface area (Å²) in [5, 5.41) is 4.93. The summed E-state index contributed by atoms with van der Waals surface area (Å²) in [4.78, 5) is 15.4. The number of nitrogens with zero attached hydrogens (tertiary/aromatic N) is 1. The van der Waals surface area contributed by atoms with Crippen LogP contribution in [0, 0.1) is 0 Å². The average Bonchev–Trinajstić information content (AvgIpc) is 3.01. The van der Waals surface area contributed by atoms with E-state index in [2.05, 4.69) is 29.3 Å². The Bertz CT molecular complexity index is 610. The Morgan fingerprint density at radius 1 is 1.36 bits per heavy atom. The quantitative estimate of drug-likeness (QED) is 0.942. The molecule has 3 rings (SSSR count). The van der Waals surface area contributed by atoms with E-state index in [0.29, 0.717) is 12.5 Å². The summed E-state index contributed by atoms with van der Waals surface area (Å²) in [6.07, 6.45) is 0.430. The topological polar surface area (TPSA) is 41.6 Å². The molecule has 0 aliphatic carbocycles. The van der Waals surface area contributed by atoms with Crippen molar-refractivity contribution >= 4 is 28.6 Å². The van der Waals surface area contributed by atoms with Crippen molar-refractivity contribution in [1.29, 1.82) is 0 Å². The molecule has 0 saturated carbocycles. The Hall–Kier alpha value is -1.85. The fraction of sp³-hybridized carbons (Fsp3) is 0.353. The van der Waals surface area contributed by atoms with E-state index in [4.69, 9.17) is 4.74 Å². The number of nitrogens with one attached hydrogen (secondary N) is 1. The van der Waals surface area contributed by atoms with E-state index >= 15 is 0 Å². The number of thiophene rings is 1. The zero-order chi connectivity index (χ0) is 15.4. The highest BCUT2D eigenvalue weighted by atomic mass is 32.1. The third kappa shape index (κ3) is 3.67. The molecule has 2 aromatic rings. The van der Waals surface area contributed by atoms with Gasteiger partial charge in [0.15, 0.2) is 0 Å². The molecule has 0 radical (unpaired) electrons. The first-order valence-corrected chi connectivity index (χ1v) is 8.37. The minimum Gasteiger partial charge on any atom is -0.377 e. The lowest BCUT2D eigenvalue weighted by molar-refractivity contribution is -0.115. The maximum Gasteiger partial charge on any atom is 0.229 e. The van der Waals surface area contributed by atoms with Crippen LogP contribution in [0.25, 0.3) is 0 Å². The predicted molar refractivity (Wildman–Crippen MR) is 90.7 cm³/mol. The maximum absolute atomic E-state index is 12.0. The fourth-order valence-electron chi connectivity index (χ4n) is 2.62. The zero-order valence-electron chi connectivity index (χ0n) is 12.6. The van der Waals surface area contributed by atoms with E-state index in [9.17, 15) is 4.79 Å². The summed E-state index contributed by atoms with van der Waals surface area (Å²) >= 11 is 1.60. The normalized spacial score (nSPS) is 18.2. The third-order valence-electron chi connectivity index (χ3n) is 3.77. The van der Waals surface area contributed by atoms with Crippen molar-refractivity contribution in [2.75, 3.05) is 30.0 Å². The lowest BCUT2D eigenvalue weighted by Gasteiger charge is -2.35. The van der Waals surface area contributed by atoms with Crippen LogP contribution in [-0.4, -0.2) is 31.7 Å². The summed E-state index contributed by atoms with van der Waals surface area (Å²) in [6, 6.07) is 12.4. The van der Waals surface area contributed by atoms with Crippen LogP contribution in [-0.2, 0) is 16.0 Å². The van der Waals surface area contributed by atoms with Gasteiger partial charge in [0.1, 0.15) is 0 Å². The molecule has 1 aliphatic rings. The second-order valence-electron chi connectivity index (χ2n) is 5.47. The van der Waals surface area contributed by atoms with Crippen LogP contribution in [0.2, 0.25) is 0 Å². The van der Waals surface area contributed by atoms with Gasteiger partial charge in [-0.1, -0.05) is 6.07 Å². The number of anilines is 2. The molecule has 1 atom stereocenters. The van der Waals surface area contributed by atoms with E-state index in [1.54, 1.807) is 11.3 Å². The van der Waals surface area contributed by atoms with Crippen LogP contribution in [0.4, 0.5) is 11.4 Å². The monoisotopic (exact) mass is 316 g/mol. The van der Waals surface area contributed by atoms with Crippen molar-refractivity contribution < 1.29 is 9.53 Å². The van der Waals surface area contributed by atoms with E-state index in [1.807, 2.05) is 29.6 Å². The van der Waals surface area contributed by atoms with Crippen LogP contribution in [0.5, 0.6) is 0 Å². The minimum atomic E-state index is 0.0231. The summed E-state index contributed by atoms with van der Waals surface area (Å²) < 4.78 is 5.46. The van der Waals surface area contributed by atoms with E-state index in [0.717, 1.165) is 30.3 Å². The molecule has 116 valence electrons. The molecule has 0 bridgehead atoms.